The summed E-state index contributed by atoms with van der Waals surface area (Å²) < 4.78 is 0. The topological polar surface area (TPSA) is 71.2 Å². The monoisotopic (exact) mass is 280 g/mol. The van der Waals surface area contributed by atoms with Gasteiger partial charge in [-0.2, -0.15) is 0 Å². The summed E-state index contributed by atoms with van der Waals surface area (Å²) in [6, 6.07) is 3.66. The van der Waals surface area contributed by atoms with Crippen LogP contribution < -0.4 is 16.0 Å². The van der Waals surface area contributed by atoms with Crippen LogP contribution in [-0.4, -0.2) is 35.5 Å². The number of rotatable bonds is 6. The number of pyridine rings is 1. The van der Waals surface area contributed by atoms with Crippen molar-refractivity contribution in [3.05, 3.63) is 23.4 Å². The fraction of sp³-hybridized carbons (Fsp3) is 0.462. The first-order valence-corrected chi connectivity index (χ1v) is 6.68. The van der Waals surface area contributed by atoms with Crippen LogP contribution in [0.15, 0.2) is 12.1 Å². The van der Waals surface area contributed by atoms with E-state index in [1.54, 1.807) is 0 Å². The number of carbonyl (C=O) groups excluding carboxylic acids is 1. The molecule has 0 aliphatic rings. The molecule has 1 aromatic rings. The first kappa shape index (κ1) is 15.4. The molecule has 5 nitrogen and oxygen atoms in total. The van der Waals surface area contributed by atoms with Crippen LogP contribution in [0.25, 0.3) is 0 Å². The number of aryl methyl sites for hydroxylation is 1. The lowest BCUT2D eigenvalue weighted by Gasteiger charge is -2.22. The molecule has 1 heterocycles. The molecule has 0 aliphatic heterocycles. The fourth-order valence-corrected chi connectivity index (χ4v) is 1.85. The van der Waals surface area contributed by atoms with Crippen molar-refractivity contribution >= 4 is 28.9 Å². The van der Waals surface area contributed by atoms with Crippen molar-refractivity contribution < 1.29 is 4.79 Å². The highest BCUT2D eigenvalue weighted by molar-refractivity contribution is 7.80. The minimum absolute atomic E-state index is 0.0236. The van der Waals surface area contributed by atoms with E-state index in [2.05, 4.69) is 10.3 Å². The Hall–Kier alpha value is -1.69. The van der Waals surface area contributed by atoms with Gasteiger partial charge in [0.05, 0.1) is 6.54 Å². The summed E-state index contributed by atoms with van der Waals surface area (Å²) in [6.45, 7) is 7.33. The molecule has 6 heteroatoms. The number of nitrogens with zero attached hydrogens (tertiary/aromatic N) is 2. The minimum atomic E-state index is -0.0236. The number of anilines is 1. The van der Waals surface area contributed by atoms with Crippen LogP contribution in [0.4, 0.5) is 5.82 Å². The number of aromatic nitrogens is 1. The van der Waals surface area contributed by atoms with Crippen molar-refractivity contribution in [1.29, 1.82) is 0 Å². The van der Waals surface area contributed by atoms with Gasteiger partial charge >= 0.3 is 0 Å². The van der Waals surface area contributed by atoms with Gasteiger partial charge in [0.1, 0.15) is 10.8 Å². The third-order valence-corrected chi connectivity index (χ3v) is 2.87. The molecule has 3 N–H and O–H groups in total. The third kappa shape index (κ3) is 4.48. The Kier molecular flexibility index (Phi) is 5.69. The van der Waals surface area contributed by atoms with E-state index in [9.17, 15) is 4.79 Å². The summed E-state index contributed by atoms with van der Waals surface area (Å²) in [5.41, 5.74) is 7.25. The number of amides is 1. The molecule has 1 rings (SSSR count). The number of carbonyl (C=O) groups is 1. The molecular formula is C13H20N4OS. The highest BCUT2D eigenvalue weighted by Gasteiger charge is 2.12. The molecule has 1 amide bonds. The average molecular weight is 280 g/mol. The molecule has 0 saturated carbocycles. The predicted molar refractivity (Wildman–Crippen MR) is 81.4 cm³/mol. The van der Waals surface area contributed by atoms with Crippen molar-refractivity contribution in [2.24, 2.45) is 5.73 Å². The minimum Gasteiger partial charge on any atom is -0.389 e. The van der Waals surface area contributed by atoms with Crippen LogP contribution in [0, 0.1) is 6.92 Å². The van der Waals surface area contributed by atoms with Gasteiger partial charge in [-0.1, -0.05) is 12.2 Å². The number of thiocarbonyl (C=S) groups is 1. The van der Waals surface area contributed by atoms with Crippen molar-refractivity contribution in [3.63, 3.8) is 0 Å². The molecule has 1 aromatic heterocycles. The Bertz CT molecular complexity index is 476. The van der Waals surface area contributed by atoms with Crippen molar-refractivity contribution in [3.8, 4) is 0 Å². The van der Waals surface area contributed by atoms with E-state index in [4.69, 9.17) is 18.0 Å². The van der Waals surface area contributed by atoms with E-state index in [0.717, 1.165) is 17.1 Å². The lowest BCUT2D eigenvalue weighted by molar-refractivity contribution is -0.119. The van der Waals surface area contributed by atoms with Crippen LogP contribution >= 0.6 is 12.2 Å². The summed E-state index contributed by atoms with van der Waals surface area (Å²) in [5, 5.41) is 2.77. The van der Waals surface area contributed by atoms with Gasteiger partial charge in [-0.3, -0.25) is 4.79 Å². The third-order valence-electron chi connectivity index (χ3n) is 2.64. The molecule has 0 atom stereocenters. The van der Waals surface area contributed by atoms with E-state index in [0.29, 0.717) is 18.1 Å². The zero-order valence-corrected chi connectivity index (χ0v) is 12.4. The predicted octanol–water partition coefficient (Wildman–Crippen LogP) is 0.987. The Balaban J connectivity index is 2.97. The van der Waals surface area contributed by atoms with Crippen LogP contribution in [0.3, 0.4) is 0 Å². The standard InChI is InChI=1S/C13H20N4OS/c1-4-15-12(18)8-17(5-2)11-7-10(13(14)19)6-9(3)16-11/h6-7H,4-5,8H2,1-3H3,(H2,14,19)(H,15,18). The Labute approximate surface area is 119 Å². The average Bonchev–Trinajstić information content (AvgIpc) is 2.35. The van der Waals surface area contributed by atoms with Gasteiger partial charge in [0.25, 0.3) is 0 Å². The highest BCUT2D eigenvalue weighted by atomic mass is 32.1. The molecule has 0 unspecified atom stereocenters. The maximum Gasteiger partial charge on any atom is 0.239 e. The molecule has 0 bridgehead atoms. The van der Waals surface area contributed by atoms with E-state index in [-0.39, 0.29) is 12.5 Å². The molecule has 104 valence electrons. The Morgan fingerprint density at radius 3 is 2.68 bits per heavy atom. The number of nitrogens with two attached hydrogens (primary N) is 1. The first-order chi connectivity index (χ1) is 8.97. The van der Waals surface area contributed by atoms with E-state index in [1.807, 2.05) is 37.8 Å². The number of nitrogens with one attached hydrogen (secondary N) is 1. The molecule has 0 aliphatic carbocycles. The number of hydrogen-bond acceptors (Lipinski definition) is 4. The molecule has 0 aromatic carbocycles. The van der Waals surface area contributed by atoms with Gasteiger partial charge < -0.3 is 16.0 Å². The lowest BCUT2D eigenvalue weighted by Crippen LogP contribution is -2.37. The van der Waals surface area contributed by atoms with Gasteiger partial charge in [-0.25, -0.2) is 4.98 Å². The Morgan fingerprint density at radius 2 is 2.16 bits per heavy atom. The quantitative estimate of drug-likeness (QED) is 0.760. The zero-order valence-electron chi connectivity index (χ0n) is 11.6. The summed E-state index contributed by atoms with van der Waals surface area (Å²) in [7, 11) is 0. The van der Waals surface area contributed by atoms with Gasteiger partial charge in [-0.05, 0) is 32.9 Å². The van der Waals surface area contributed by atoms with Gasteiger partial charge in [0.15, 0.2) is 0 Å². The summed E-state index contributed by atoms with van der Waals surface area (Å²) in [5.74, 6) is 0.695. The van der Waals surface area contributed by atoms with Crippen LogP contribution in [-0.2, 0) is 4.79 Å². The lowest BCUT2D eigenvalue weighted by atomic mass is 10.2. The smallest absolute Gasteiger partial charge is 0.239 e. The zero-order chi connectivity index (χ0) is 14.4. The number of likely N-dealkylation sites (N-methyl/N-ethyl adjacent to an activating group) is 2. The van der Waals surface area contributed by atoms with Gasteiger partial charge in [0, 0.05) is 24.3 Å². The molecule has 0 saturated heterocycles. The van der Waals surface area contributed by atoms with Crippen molar-refractivity contribution in [2.75, 3.05) is 24.5 Å². The molecule has 0 spiro atoms. The van der Waals surface area contributed by atoms with E-state index < -0.39 is 0 Å². The largest absolute Gasteiger partial charge is 0.389 e. The second-order valence-corrected chi connectivity index (χ2v) is 4.63. The fourth-order valence-electron chi connectivity index (χ4n) is 1.74. The molecule has 0 radical (unpaired) electrons. The van der Waals surface area contributed by atoms with Gasteiger partial charge in [0.2, 0.25) is 5.91 Å². The van der Waals surface area contributed by atoms with Gasteiger partial charge in [-0.15, -0.1) is 0 Å². The summed E-state index contributed by atoms with van der Waals surface area (Å²) >= 11 is 4.99. The molecular weight excluding hydrogens is 260 g/mol. The molecule has 19 heavy (non-hydrogen) atoms. The maximum absolute atomic E-state index is 11.7. The Morgan fingerprint density at radius 1 is 1.47 bits per heavy atom. The van der Waals surface area contributed by atoms with Crippen LogP contribution in [0.2, 0.25) is 0 Å². The first-order valence-electron chi connectivity index (χ1n) is 6.28. The second kappa shape index (κ2) is 7.04. The van der Waals surface area contributed by atoms with Crippen LogP contribution in [0.5, 0.6) is 0 Å². The SMILES string of the molecule is CCNC(=O)CN(CC)c1cc(C(N)=S)cc(C)n1. The normalized spacial score (nSPS) is 10.1. The molecule has 0 fully saturated rings. The van der Waals surface area contributed by atoms with E-state index in [1.165, 1.54) is 0 Å². The summed E-state index contributed by atoms with van der Waals surface area (Å²) in [4.78, 5) is 18.3. The second-order valence-electron chi connectivity index (χ2n) is 4.19. The van der Waals surface area contributed by atoms with Crippen LogP contribution in [0.1, 0.15) is 25.1 Å². The van der Waals surface area contributed by atoms with Crippen molar-refractivity contribution in [2.45, 2.75) is 20.8 Å². The number of hydrogen-bond donors (Lipinski definition) is 2. The van der Waals surface area contributed by atoms with Crippen molar-refractivity contribution in [1.82, 2.24) is 10.3 Å². The summed E-state index contributed by atoms with van der Waals surface area (Å²) in [6.07, 6.45) is 0. The van der Waals surface area contributed by atoms with E-state index >= 15 is 0 Å². The maximum atomic E-state index is 11.7. The highest BCUT2D eigenvalue weighted by Crippen LogP contribution is 2.14.